The third-order valence-electron chi connectivity index (χ3n) is 5.76. The molecular formula is C25H21ClN4O5. The summed E-state index contributed by atoms with van der Waals surface area (Å²) in [4.78, 5) is 49.9. The van der Waals surface area contributed by atoms with Crippen LogP contribution in [0.2, 0.25) is 5.02 Å². The molecule has 0 bridgehead atoms. The van der Waals surface area contributed by atoms with Crippen molar-refractivity contribution in [3.05, 3.63) is 113 Å². The number of benzene rings is 3. The number of hydrogen-bond acceptors (Lipinski definition) is 5. The fourth-order valence-electron chi connectivity index (χ4n) is 3.86. The van der Waals surface area contributed by atoms with Crippen molar-refractivity contribution in [3.63, 3.8) is 0 Å². The van der Waals surface area contributed by atoms with Gasteiger partial charge in [0.15, 0.2) is 0 Å². The summed E-state index contributed by atoms with van der Waals surface area (Å²) in [7, 11) is 0. The van der Waals surface area contributed by atoms with Crippen LogP contribution in [0.15, 0.2) is 70.3 Å². The van der Waals surface area contributed by atoms with E-state index in [-0.39, 0.29) is 17.9 Å². The van der Waals surface area contributed by atoms with E-state index < -0.39 is 28.5 Å². The van der Waals surface area contributed by atoms with Gasteiger partial charge in [0.05, 0.1) is 22.5 Å². The number of nitrogens with zero attached hydrogens (tertiary/aromatic N) is 3. The van der Waals surface area contributed by atoms with E-state index in [2.05, 4.69) is 5.32 Å². The van der Waals surface area contributed by atoms with Gasteiger partial charge in [0.1, 0.15) is 12.2 Å². The topological polar surface area (TPSA) is 116 Å². The number of nitrogens with one attached hydrogen (secondary N) is 1. The number of anilines is 1. The average Bonchev–Trinajstić information content (AvgIpc) is 2.82. The highest BCUT2D eigenvalue weighted by Gasteiger charge is 2.20. The number of hydrogen-bond donors (Lipinski definition) is 1. The Hall–Kier alpha value is -4.24. The minimum Gasteiger partial charge on any atom is -0.319 e. The largest absolute Gasteiger partial charge is 0.319 e. The SMILES string of the molecule is Cc1cc(NC(=O)Cn2c(=O)c(=O)n(Cc3ccccc3)c3ccc(Cl)cc32)c([N+](=O)[O-])cc1C. The first-order valence-corrected chi connectivity index (χ1v) is 11.1. The molecule has 0 aliphatic carbocycles. The van der Waals surface area contributed by atoms with Crippen LogP contribution < -0.4 is 16.4 Å². The molecule has 1 heterocycles. The van der Waals surface area contributed by atoms with Gasteiger partial charge in [-0.25, -0.2) is 0 Å². The van der Waals surface area contributed by atoms with Crippen LogP contribution in [0.4, 0.5) is 11.4 Å². The Kier molecular flexibility index (Phi) is 6.52. The normalized spacial score (nSPS) is 10.9. The molecule has 1 amide bonds. The summed E-state index contributed by atoms with van der Waals surface area (Å²) in [6, 6.07) is 16.8. The van der Waals surface area contributed by atoms with E-state index >= 15 is 0 Å². The average molecular weight is 493 g/mol. The number of carbonyl (C=O) groups excluding carboxylic acids is 1. The van der Waals surface area contributed by atoms with E-state index in [0.717, 1.165) is 15.7 Å². The molecule has 35 heavy (non-hydrogen) atoms. The lowest BCUT2D eigenvalue weighted by Crippen LogP contribution is -2.43. The number of aromatic nitrogens is 2. The molecule has 1 N–H and O–H groups in total. The summed E-state index contributed by atoms with van der Waals surface area (Å²) in [6.45, 7) is 3.13. The van der Waals surface area contributed by atoms with E-state index in [1.165, 1.54) is 22.8 Å². The highest BCUT2D eigenvalue weighted by molar-refractivity contribution is 6.31. The van der Waals surface area contributed by atoms with Crippen molar-refractivity contribution in [3.8, 4) is 0 Å². The molecule has 0 saturated heterocycles. The fourth-order valence-corrected chi connectivity index (χ4v) is 4.02. The van der Waals surface area contributed by atoms with Crippen LogP contribution in [0.1, 0.15) is 16.7 Å². The van der Waals surface area contributed by atoms with Gasteiger partial charge in [0.2, 0.25) is 5.91 Å². The van der Waals surface area contributed by atoms with Crippen LogP contribution in [0.3, 0.4) is 0 Å². The summed E-state index contributed by atoms with van der Waals surface area (Å²) in [5.41, 5.74) is 1.04. The van der Waals surface area contributed by atoms with E-state index in [4.69, 9.17) is 11.6 Å². The molecule has 0 aliphatic heterocycles. The Morgan fingerprint density at radius 3 is 2.29 bits per heavy atom. The second-order valence-corrected chi connectivity index (χ2v) is 8.60. The molecule has 9 nitrogen and oxygen atoms in total. The summed E-state index contributed by atoms with van der Waals surface area (Å²) in [5, 5.41) is 14.3. The minimum absolute atomic E-state index is 0.0101. The zero-order valence-corrected chi connectivity index (χ0v) is 19.7. The summed E-state index contributed by atoms with van der Waals surface area (Å²) in [5.74, 6) is -0.695. The maximum Gasteiger partial charge on any atom is 0.317 e. The monoisotopic (exact) mass is 492 g/mol. The highest BCUT2D eigenvalue weighted by atomic mass is 35.5. The molecule has 0 unspecified atom stereocenters. The van der Waals surface area contributed by atoms with E-state index in [9.17, 15) is 24.5 Å². The van der Waals surface area contributed by atoms with Crippen molar-refractivity contribution in [2.45, 2.75) is 26.9 Å². The third kappa shape index (κ3) is 4.85. The molecule has 0 spiro atoms. The predicted molar refractivity (Wildman–Crippen MR) is 134 cm³/mol. The summed E-state index contributed by atoms with van der Waals surface area (Å²) < 4.78 is 2.37. The molecule has 0 atom stereocenters. The molecular weight excluding hydrogens is 472 g/mol. The number of nitro groups is 1. The van der Waals surface area contributed by atoms with E-state index in [1.54, 1.807) is 26.0 Å². The van der Waals surface area contributed by atoms with Crippen molar-refractivity contribution in [1.82, 2.24) is 9.13 Å². The van der Waals surface area contributed by atoms with Gasteiger partial charge >= 0.3 is 11.1 Å². The van der Waals surface area contributed by atoms with Crippen LogP contribution in [-0.4, -0.2) is 20.0 Å². The first kappa shape index (κ1) is 23.9. The first-order chi connectivity index (χ1) is 16.7. The summed E-state index contributed by atoms with van der Waals surface area (Å²) in [6.07, 6.45) is 0. The van der Waals surface area contributed by atoms with Crippen molar-refractivity contribution in [2.24, 2.45) is 0 Å². The molecule has 4 rings (SSSR count). The Labute approximate surface area is 204 Å². The number of fused-ring (bicyclic) bond motifs is 1. The van der Waals surface area contributed by atoms with Crippen molar-refractivity contribution < 1.29 is 9.72 Å². The maximum absolute atomic E-state index is 13.1. The molecule has 1 aromatic heterocycles. The second kappa shape index (κ2) is 9.55. The number of nitro benzene ring substituents is 1. The zero-order chi connectivity index (χ0) is 25.3. The van der Waals surface area contributed by atoms with Crippen LogP contribution in [-0.2, 0) is 17.9 Å². The van der Waals surface area contributed by atoms with Gasteiger partial charge in [0, 0.05) is 11.1 Å². The standard InChI is InChI=1S/C25H21ClN4O5/c1-15-10-19(21(30(34)35)11-16(15)2)27-23(31)14-29-22-12-18(26)8-9-20(22)28(24(32)25(29)33)13-17-6-4-3-5-7-17/h3-12H,13-14H2,1-2H3,(H,27,31). The van der Waals surface area contributed by atoms with Crippen LogP contribution in [0.5, 0.6) is 0 Å². The Morgan fingerprint density at radius 1 is 0.943 bits per heavy atom. The fraction of sp³-hybridized carbons (Fsp3) is 0.160. The van der Waals surface area contributed by atoms with Gasteiger partial charge in [-0.3, -0.25) is 33.6 Å². The molecule has 4 aromatic rings. The first-order valence-electron chi connectivity index (χ1n) is 10.7. The second-order valence-electron chi connectivity index (χ2n) is 8.16. The Balaban J connectivity index is 1.77. The van der Waals surface area contributed by atoms with Gasteiger partial charge in [-0.15, -0.1) is 0 Å². The van der Waals surface area contributed by atoms with Gasteiger partial charge in [0.25, 0.3) is 5.69 Å². The zero-order valence-electron chi connectivity index (χ0n) is 18.9. The van der Waals surface area contributed by atoms with Crippen LogP contribution in [0.25, 0.3) is 11.0 Å². The van der Waals surface area contributed by atoms with Crippen LogP contribution in [0, 0.1) is 24.0 Å². The molecule has 0 saturated carbocycles. The van der Waals surface area contributed by atoms with Gasteiger partial charge in [-0.05, 0) is 54.8 Å². The molecule has 178 valence electrons. The lowest BCUT2D eigenvalue weighted by molar-refractivity contribution is -0.384. The highest BCUT2D eigenvalue weighted by Crippen LogP contribution is 2.28. The molecule has 0 fully saturated rings. The molecule has 0 radical (unpaired) electrons. The Morgan fingerprint density at radius 2 is 1.60 bits per heavy atom. The van der Waals surface area contributed by atoms with Crippen molar-refractivity contribution in [2.75, 3.05) is 5.32 Å². The minimum atomic E-state index is -0.902. The number of amides is 1. The maximum atomic E-state index is 13.1. The molecule has 0 aliphatic rings. The van der Waals surface area contributed by atoms with Gasteiger partial charge in [-0.2, -0.15) is 0 Å². The number of rotatable bonds is 6. The predicted octanol–water partition coefficient (Wildman–Crippen LogP) is 4.03. The lowest BCUT2D eigenvalue weighted by atomic mass is 10.1. The number of halogens is 1. The smallest absolute Gasteiger partial charge is 0.317 e. The number of aryl methyl sites for hydroxylation is 2. The third-order valence-corrected chi connectivity index (χ3v) is 6.00. The molecule has 3 aromatic carbocycles. The van der Waals surface area contributed by atoms with Crippen molar-refractivity contribution in [1.29, 1.82) is 0 Å². The van der Waals surface area contributed by atoms with Crippen LogP contribution >= 0.6 is 11.6 Å². The molecule has 10 heteroatoms. The van der Waals surface area contributed by atoms with E-state index in [0.29, 0.717) is 21.6 Å². The number of carbonyl (C=O) groups is 1. The van der Waals surface area contributed by atoms with Crippen molar-refractivity contribution >= 4 is 39.9 Å². The summed E-state index contributed by atoms with van der Waals surface area (Å²) >= 11 is 6.17. The van der Waals surface area contributed by atoms with E-state index in [1.807, 2.05) is 30.3 Å². The van der Waals surface area contributed by atoms with Gasteiger partial charge < -0.3 is 5.32 Å². The lowest BCUT2D eigenvalue weighted by Gasteiger charge is -2.16. The van der Waals surface area contributed by atoms with Gasteiger partial charge in [-0.1, -0.05) is 41.9 Å². The Bertz CT molecular complexity index is 1590. The quantitative estimate of drug-likeness (QED) is 0.248.